The van der Waals surface area contributed by atoms with Crippen LogP contribution in [0.25, 0.3) is 0 Å². The summed E-state index contributed by atoms with van der Waals surface area (Å²) in [5, 5.41) is 0. The second kappa shape index (κ2) is 7.39. The highest BCUT2D eigenvalue weighted by molar-refractivity contribution is 5.96. The van der Waals surface area contributed by atoms with Crippen molar-refractivity contribution in [1.82, 2.24) is 0 Å². The van der Waals surface area contributed by atoms with Gasteiger partial charge in [0.1, 0.15) is 11.5 Å². The Balaban J connectivity index is 1.49. The molecule has 1 heterocycles. The molecule has 1 aliphatic rings. The largest absolute Gasteiger partial charge is 0.497 e. The van der Waals surface area contributed by atoms with Crippen molar-refractivity contribution in [1.29, 1.82) is 0 Å². The topological polar surface area (TPSA) is 38.8 Å². The lowest BCUT2D eigenvalue weighted by Crippen LogP contribution is -2.35. The summed E-state index contributed by atoms with van der Waals surface area (Å²) in [6, 6.07) is 15.9. The number of methoxy groups -OCH3 is 1. The number of carbonyl (C=O) groups is 1. The predicted octanol–water partition coefficient (Wildman–Crippen LogP) is 3.83. The maximum atomic E-state index is 12.6. The first-order chi connectivity index (χ1) is 11.7. The van der Waals surface area contributed by atoms with E-state index in [-0.39, 0.29) is 11.9 Å². The number of anilines is 1. The van der Waals surface area contributed by atoms with E-state index in [4.69, 9.17) is 9.47 Å². The van der Waals surface area contributed by atoms with Gasteiger partial charge in [0.2, 0.25) is 5.91 Å². The molecule has 24 heavy (non-hydrogen) atoms. The molecule has 0 aliphatic carbocycles. The van der Waals surface area contributed by atoms with Gasteiger partial charge in [-0.25, -0.2) is 0 Å². The summed E-state index contributed by atoms with van der Waals surface area (Å²) in [4.78, 5) is 14.5. The van der Waals surface area contributed by atoms with Crippen LogP contribution in [0.15, 0.2) is 48.5 Å². The van der Waals surface area contributed by atoms with Crippen molar-refractivity contribution in [2.24, 2.45) is 0 Å². The average Bonchev–Trinajstić information content (AvgIpc) is 2.95. The van der Waals surface area contributed by atoms with Crippen molar-refractivity contribution in [3.63, 3.8) is 0 Å². The SMILES string of the molecule is COc1ccc(OCCCC(=O)N2c3ccccc3CC2C)cc1. The number of amides is 1. The fourth-order valence-corrected chi connectivity index (χ4v) is 3.15. The van der Waals surface area contributed by atoms with Gasteiger partial charge in [-0.15, -0.1) is 0 Å². The van der Waals surface area contributed by atoms with E-state index in [1.54, 1.807) is 7.11 Å². The third-order valence-electron chi connectivity index (χ3n) is 4.34. The van der Waals surface area contributed by atoms with Crippen LogP contribution >= 0.6 is 0 Å². The molecule has 0 radical (unpaired) electrons. The first-order valence-corrected chi connectivity index (χ1v) is 8.36. The smallest absolute Gasteiger partial charge is 0.227 e. The molecule has 4 nitrogen and oxygen atoms in total. The maximum Gasteiger partial charge on any atom is 0.227 e. The van der Waals surface area contributed by atoms with Crippen molar-refractivity contribution in [2.75, 3.05) is 18.6 Å². The lowest BCUT2D eigenvalue weighted by atomic mass is 10.1. The average molecular weight is 325 g/mol. The lowest BCUT2D eigenvalue weighted by Gasteiger charge is -2.22. The Morgan fingerprint density at radius 2 is 1.83 bits per heavy atom. The molecule has 2 aromatic carbocycles. The van der Waals surface area contributed by atoms with Crippen LogP contribution in [0, 0.1) is 0 Å². The van der Waals surface area contributed by atoms with Gasteiger partial charge in [0.05, 0.1) is 13.7 Å². The van der Waals surface area contributed by atoms with Gasteiger partial charge in [0.25, 0.3) is 0 Å². The van der Waals surface area contributed by atoms with Gasteiger partial charge in [0.15, 0.2) is 0 Å². The molecule has 1 atom stereocenters. The minimum atomic E-state index is 0.172. The summed E-state index contributed by atoms with van der Waals surface area (Å²) in [5.74, 6) is 1.77. The zero-order valence-corrected chi connectivity index (χ0v) is 14.2. The van der Waals surface area contributed by atoms with Crippen LogP contribution in [-0.4, -0.2) is 25.7 Å². The minimum absolute atomic E-state index is 0.172. The Morgan fingerprint density at radius 1 is 1.12 bits per heavy atom. The molecule has 3 rings (SSSR count). The van der Waals surface area contributed by atoms with Crippen LogP contribution in [0.4, 0.5) is 5.69 Å². The molecule has 0 bridgehead atoms. The van der Waals surface area contributed by atoms with Crippen LogP contribution in [0.2, 0.25) is 0 Å². The first kappa shape index (κ1) is 16.4. The number of benzene rings is 2. The molecule has 0 saturated carbocycles. The van der Waals surface area contributed by atoms with Gasteiger partial charge in [0, 0.05) is 18.2 Å². The van der Waals surface area contributed by atoms with Crippen LogP contribution in [0.3, 0.4) is 0 Å². The summed E-state index contributed by atoms with van der Waals surface area (Å²) in [6.07, 6.45) is 2.13. The van der Waals surface area contributed by atoms with Crippen molar-refractivity contribution in [3.8, 4) is 11.5 Å². The fraction of sp³-hybridized carbons (Fsp3) is 0.350. The first-order valence-electron chi connectivity index (χ1n) is 8.36. The number of hydrogen-bond donors (Lipinski definition) is 0. The van der Waals surface area contributed by atoms with Crippen molar-refractivity contribution in [2.45, 2.75) is 32.2 Å². The van der Waals surface area contributed by atoms with Gasteiger partial charge in [-0.05, 0) is 55.7 Å². The Hall–Kier alpha value is -2.49. The predicted molar refractivity (Wildman–Crippen MR) is 94.8 cm³/mol. The highest BCUT2D eigenvalue weighted by Gasteiger charge is 2.29. The highest BCUT2D eigenvalue weighted by Crippen LogP contribution is 2.32. The molecule has 0 spiro atoms. The van der Waals surface area contributed by atoms with Crippen molar-refractivity contribution < 1.29 is 14.3 Å². The standard InChI is InChI=1S/C20H23NO3/c1-15-14-16-6-3-4-7-19(16)21(15)20(22)8-5-13-24-18-11-9-17(23-2)10-12-18/h3-4,6-7,9-12,15H,5,8,13-14H2,1-2H3. The molecule has 0 fully saturated rings. The maximum absolute atomic E-state index is 12.6. The second-order valence-corrected chi connectivity index (χ2v) is 6.07. The van der Waals surface area contributed by atoms with E-state index in [2.05, 4.69) is 13.0 Å². The second-order valence-electron chi connectivity index (χ2n) is 6.07. The summed E-state index contributed by atoms with van der Waals surface area (Å²) in [7, 11) is 1.64. The van der Waals surface area contributed by atoms with E-state index in [1.165, 1.54) is 5.56 Å². The van der Waals surface area contributed by atoms with Crippen LogP contribution < -0.4 is 14.4 Å². The lowest BCUT2D eigenvalue weighted by molar-refractivity contribution is -0.119. The van der Waals surface area contributed by atoms with Crippen LogP contribution in [-0.2, 0) is 11.2 Å². The zero-order chi connectivity index (χ0) is 16.9. The molecule has 0 saturated heterocycles. The summed E-state index contributed by atoms with van der Waals surface area (Å²) < 4.78 is 10.8. The van der Waals surface area contributed by atoms with Crippen LogP contribution in [0.5, 0.6) is 11.5 Å². The third kappa shape index (κ3) is 3.53. The molecular weight excluding hydrogens is 302 g/mol. The minimum Gasteiger partial charge on any atom is -0.497 e. The number of nitrogens with zero attached hydrogens (tertiary/aromatic N) is 1. The summed E-state index contributed by atoms with van der Waals surface area (Å²) in [6.45, 7) is 2.63. The monoisotopic (exact) mass is 325 g/mol. The molecule has 0 aromatic heterocycles. The van der Waals surface area contributed by atoms with Crippen molar-refractivity contribution in [3.05, 3.63) is 54.1 Å². The molecule has 126 valence electrons. The highest BCUT2D eigenvalue weighted by atomic mass is 16.5. The molecule has 4 heteroatoms. The number of para-hydroxylation sites is 1. The Morgan fingerprint density at radius 3 is 2.58 bits per heavy atom. The normalized spacial score (nSPS) is 15.9. The van der Waals surface area contributed by atoms with Gasteiger partial charge in [-0.3, -0.25) is 4.79 Å². The van der Waals surface area contributed by atoms with E-state index in [0.717, 1.165) is 23.6 Å². The summed E-state index contributed by atoms with van der Waals surface area (Å²) in [5.41, 5.74) is 2.32. The Kier molecular flexibility index (Phi) is 5.04. The van der Waals surface area contributed by atoms with E-state index in [1.807, 2.05) is 47.4 Å². The molecule has 1 aliphatic heterocycles. The van der Waals surface area contributed by atoms with Crippen LogP contribution in [0.1, 0.15) is 25.3 Å². The number of carbonyl (C=O) groups excluding carboxylic acids is 1. The van der Waals surface area contributed by atoms with E-state index >= 15 is 0 Å². The van der Waals surface area contributed by atoms with E-state index in [9.17, 15) is 4.79 Å². The zero-order valence-electron chi connectivity index (χ0n) is 14.2. The number of hydrogen-bond acceptors (Lipinski definition) is 3. The van der Waals surface area contributed by atoms with Crippen molar-refractivity contribution >= 4 is 11.6 Å². The van der Waals surface area contributed by atoms with Gasteiger partial charge in [-0.1, -0.05) is 18.2 Å². The van der Waals surface area contributed by atoms with E-state index < -0.39 is 0 Å². The molecule has 2 aromatic rings. The molecule has 1 amide bonds. The number of fused-ring (bicyclic) bond motifs is 1. The van der Waals surface area contributed by atoms with Gasteiger partial charge >= 0.3 is 0 Å². The third-order valence-corrected chi connectivity index (χ3v) is 4.34. The Bertz CT molecular complexity index is 696. The number of ether oxygens (including phenoxy) is 2. The Labute approximate surface area is 143 Å². The molecule has 1 unspecified atom stereocenters. The molecule has 0 N–H and O–H groups in total. The molecular formula is C20H23NO3. The van der Waals surface area contributed by atoms with Gasteiger partial charge < -0.3 is 14.4 Å². The quantitative estimate of drug-likeness (QED) is 0.758. The number of rotatable bonds is 6. The van der Waals surface area contributed by atoms with Gasteiger partial charge in [-0.2, -0.15) is 0 Å². The summed E-state index contributed by atoms with van der Waals surface area (Å²) >= 11 is 0. The fourth-order valence-electron chi connectivity index (χ4n) is 3.15. The van der Waals surface area contributed by atoms with E-state index in [0.29, 0.717) is 19.4 Å².